The van der Waals surface area contributed by atoms with Crippen LogP contribution in [0.25, 0.3) is 0 Å². The lowest BCUT2D eigenvalue weighted by Crippen LogP contribution is -2.46. The van der Waals surface area contributed by atoms with E-state index in [4.69, 9.17) is 9.47 Å². The van der Waals surface area contributed by atoms with E-state index in [-0.39, 0.29) is 17.3 Å². The van der Waals surface area contributed by atoms with E-state index >= 15 is 0 Å². The number of hydrogen-bond acceptors (Lipinski definition) is 3. The molecule has 4 nitrogen and oxygen atoms in total. The Labute approximate surface area is 204 Å². The second-order valence-electron chi connectivity index (χ2n) is 13.5. The first-order valence-corrected chi connectivity index (χ1v) is 16.9. The molecule has 0 unspecified atom stereocenters. The Bertz CT molecular complexity index is 666. The molecule has 0 bridgehead atoms. The molecular weight excluding hydrogens is 428 g/mol. The van der Waals surface area contributed by atoms with Gasteiger partial charge in [0.05, 0.1) is 27.2 Å². The Kier molecular flexibility index (Phi) is 9.86. The van der Waals surface area contributed by atoms with Crippen molar-refractivity contribution < 1.29 is 19.4 Å². The molecule has 0 spiro atoms. The third kappa shape index (κ3) is 8.81. The first kappa shape index (κ1) is 28.6. The topological polar surface area (TPSA) is 55.8 Å². The lowest BCUT2D eigenvalue weighted by Gasteiger charge is -2.44. The molecule has 1 saturated carbocycles. The Morgan fingerprint density at radius 3 is 2.24 bits per heavy atom. The van der Waals surface area contributed by atoms with Crippen LogP contribution >= 0.6 is 0 Å². The van der Waals surface area contributed by atoms with Crippen molar-refractivity contribution >= 4 is 14.0 Å². The highest BCUT2D eigenvalue weighted by Gasteiger charge is 2.42. The summed E-state index contributed by atoms with van der Waals surface area (Å²) in [6, 6.07) is 0. The molecule has 0 aromatic rings. The van der Waals surface area contributed by atoms with E-state index in [2.05, 4.69) is 66.9 Å². The number of carboxylic acid groups (broad SMARTS) is 1. The highest BCUT2D eigenvalue weighted by molar-refractivity contribution is 6.81. The van der Waals surface area contributed by atoms with Gasteiger partial charge in [0.15, 0.2) is 5.79 Å². The van der Waals surface area contributed by atoms with Crippen molar-refractivity contribution in [1.29, 1.82) is 0 Å². The number of ether oxygens (including phenoxy) is 2. The van der Waals surface area contributed by atoms with Crippen LogP contribution < -0.4 is 0 Å². The van der Waals surface area contributed by atoms with Crippen LogP contribution in [0.1, 0.15) is 86.5 Å². The van der Waals surface area contributed by atoms with Gasteiger partial charge < -0.3 is 14.6 Å². The van der Waals surface area contributed by atoms with Crippen LogP contribution in [-0.4, -0.2) is 38.2 Å². The van der Waals surface area contributed by atoms with Gasteiger partial charge in [-0.2, -0.15) is 0 Å². The summed E-state index contributed by atoms with van der Waals surface area (Å²) in [5.41, 5.74) is 4.06. The van der Waals surface area contributed by atoms with Crippen molar-refractivity contribution in [3.05, 3.63) is 11.3 Å². The van der Waals surface area contributed by atoms with Crippen molar-refractivity contribution in [2.45, 2.75) is 112 Å². The van der Waals surface area contributed by atoms with Crippen LogP contribution in [0.3, 0.4) is 0 Å². The number of rotatable bonds is 10. The van der Waals surface area contributed by atoms with Crippen molar-refractivity contribution in [3.63, 3.8) is 0 Å². The van der Waals surface area contributed by atoms with Crippen LogP contribution in [0.2, 0.25) is 19.6 Å². The van der Waals surface area contributed by atoms with Gasteiger partial charge >= 0.3 is 5.97 Å². The summed E-state index contributed by atoms with van der Waals surface area (Å²) < 4.78 is 12.4. The van der Waals surface area contributed by atoms with E-state index in [1.54, 1.807) is 0 Å². The highest BCUT2D eigenvalue weighted by atomic mass is 28.3. The zero-order valence-electron chi connectivity index (χ0n) is 23.0. The van der Waals surface area contributed by atoms with Crippen LogP contribution in [0.4, 0.5) is 0 Å². The van der Waals surface area contributed by atoms with Gasteiger partial charge in [0.2, 0.25) is 0 Å². The number of carbonyl (C=O) groups is 1. The summed E-state index contributed by atoms with van der Waals surface area (Å²) in [5, 5.41) is 10.2. The first-order chi connectivity index (χ1) is 15.1. The lowest BCUT2D eigenvalue weighted by molar-refractivity contribution is -0.293. The number of carboxylic acids is 1. The molecular formula is C28H52O4Si. The zero-order valence-corrected chi connectivity index (χ0v) is 24.0. The Balaban J connectivity index is 2.24. The summed E-state index contributed by atoms with van der Waals surface area (Å²) in [4.78, 5) is 12.4. The van der Waals surface area contributed by atoms with Crippen molar-refractivity contribution in [2.75, 3.05) is 13.2 Å². The van der Waals surface area contributed by atoms with E-state index in [0.717, 1.165) is 58.2 Å². The molecule has 4 atom stereocenters. The quantitative estimate of drug-likeness (QED) is 0.328. The monoisotopic (exact) mass is 480 g/mol. The summed E-state index contributed by atoms with van der Waals surface area (Å²) in [7, 11) is -1.51. The number of allylic oxidation sites excluding steroid dienone is 1. The molecule has 192 valence electrons. The van der Waals surface area contributed by atoms with E-state index < -0.39 is 19.8 Å². The minimum absolute atomic E-state index is 0.0658. The molecule has 5 heteroatoms. The van der Waals surface area contributed by atoms with E-state index in [9.17, 15) is 9.90 Å². The minimum atomic E-state index is -1.51. The second kappa shape index (κ2) is 11.4. The molecule has 2 aliphatic rings. The summed E-state index contributed by atoms with van der Waals surface area (Å²) in [5.74, 6) is 0.375. The van der Waals surface area contributed by atoms with Gasteiger partial charge in [0.1, 0.15) is 0 Å². The third-order valence-electron chi connectivity index (χ3n) is 7.62. The van der Waals surface area contributed by atoms with Crippen molar-refractivity contribution in [3.8, 4) is 0 Å². The Morgan fingerprint density at radius 1 is 1.12 bits per heavy atom. The summed E-state index contributed by atoms with van der Waals surface area (Å²) in [6.45, 7) is 21.8. The molecule has 0 aromatic heterocycles. The maximum absolute atomic E-state index is 12.4. The van der Waals surface area contributed by atoms with E-state index in [1.165, 1.54) is 5.57 Å². The Morgan fingerprint density at radius 2 is 1.73 bits per heavy atom. The lowest BCUT2D eigenvalue weighted by atomic mass is 9.65. The molecule has 33 heavy (non-hydrogen) atoms. The fraction of sp³-hybridized carbons (Fsp3) is 0.893. The highest BCUT2D eigenvalue weighted by Crippen LogP contribution is 2.47. The molecule has 1 N–H and O–H groups in total. The number of aliphatic carboxylic acids is 1. The van der Waals surface area contributed by atoms with Gasteiger partial charge in [-0.05, 0) is 56.3 Å². The largest absolute Gasteiger partial charge is 0.481 e. The smallest absolute Gasteiger partial charge is 0.307 e. The van der Waals surface area contributed by atoms with Gasteiger partial charge in [-0.3, -0.25) is 4.79 Å². The standard InChI is InChI=1S/C28H52O4Si/c1-20(2)11-10-12-24(26(29)30)23-14-13-21(3)22(25(23)17-33(7,8)9)15-16-28(6)31-18-27(4,5)19-32-28/h17,20-24H,10-16,18-19H2,1-9H3,(H,29,30)/b25-17+/t21-,22+,23+,24-/m1/s1. The molecule has 1 aliphatic heterocycles. The average molecular weight is 481 g/mol. The van der Waals surface area contributed by atoms with Crippen molar-refractivity contribution in [1.82, 2.24) is 0 Å². The van der Waals surface area contributed by atoms with Crippen molar-refractivity contribution in [2.24, 2.45) is 35.0 Å². The van der Waals surface area contributed by atoms with Gasteiger partial charge in [-0.1, -0.05) is 78.4 Å². The molecule has 0 aromatic carbocycles. The molecule has 2 fully saturated rings. The molecule has 2 rings (SSSR count). The van der Waals surface area contributed by atoms with Gasteiger partial charge in [-0.25, -0.2) is 0 Å². The predicted octanol–water partition coefficient (Wildman–Crippen LogP) is 7.55. The molecule has 1 aliphatic carbocycles. The van der Waals surface area contributed by atoms with Crippen LogP contribution in [-0.2, 0) is 14.3 Å². The Hall–Kier alpha value is -0.653. The number of hydrogen-bond donors (Lipinski definition) is 1. The van der Waals surface area contributed by atoms with Crippen LogP contribution in [0, 0.1) is 35.0 Å². The molecule has 1 heterocycles. The second-order valence-corrected chi connectivity index (χ2v) is 18.5. The third-order valence-corrected chi connectivity index (χ3v) is 8.82. The van der Waals surface area contributed by atoms with Gasteiger partial charge in [0.25, 0.3) is 0 Å². The van der Waals surface area contributed by atoms with Crippen LogP contribution in [0.5, 0.6) is 0 Å². The fourth-order valence-electron chi connectivity index (χ4n) is 5.60. The normalized spacial score (nSPS) is 29.9. The average Bonchev–Trinajstić information content (AvgIpc) is 2.67. The molecule has 0 amide bonds. The maximum Gasteiger partial charge on any atom is 0.307 e. The SMILES string of the molecule is CC(C)CCC[C@@H](C(=O)O)[C@@H]1CC[C@@H](C)[C@H](CCC2(C)OCC(C)(C)CO2)/C1=C\[Si](C)(C)C. The van der Waals surface area contributed by atoms with Crippen LogP contribution in [0.15, 0.2) is 11.3 Å². The van der Waals surface area contributed by atoms with E-state index in [1.807, 2.05) is 0 Å². The fourth-order valence-corrected chi connectivity index (χ4v) is 7.02. The van der Waals surface area contributed by atoms with Gasteiger partial charge in [-0.15, -0.1) is 0 Å². The predicted molar refractivity (Wildman–Crippen MR) is 140 cm³/mol. The first-order valence-electron chi connectivity index (χ1n) is 13.4. The summed E-state index contributed by atoms with van der Waals surface area (Å²) in [6.07, 6.45) is 6.88. The van der Waals surface area contributed by atoms with Gasteiger partial charge in [0, 0.05) is 11.8 Å². The zero-order chi connectivity index (χ0) is 25.0. The van der Waals surface area contributed by atoms with E-state index in [0.29, 0.717) is 17.8 Å². The minimum Gasteiger partial charge on any atom is -0.481 e. The summed E-state index contributed by atoms with van der Waals surface area (Å²) >= 11 is 0. The molecule has 0 radical (unpaired) electrons. The molecule has 1 saturated heterocycles. The maximum atomic E-state index is 12.4.